The smallest absolute Gasteiger partial charge is 0.335 e. The number of benzene rings is 3. The van der Waals surface area contributed by atoms with Gasteiger partial charge in [0.05, 0.1) is 21.8 Å². The maximum absolute atomic E-state index is 13.1. The number of nitrogens with one attached hydrogen (secondary N) is 1. The van der Waals surface area contributed by atoms with Crippen molar-refractivity contribution in [2.45, 2.75) is 25.7 Å². The second-order valence-electron chi connectivity index (χ2n) is 8.65. The molecule has 4 rings (SSSR count). The van der Waals surface area contributed by atoms with Gasteiger partial charge < -0.3 is 14.9 Å². The van der Waals surface area contributed by atoms with Crippen molar-refractivity contribution < 1.29 is 18.3 Å². The molecule has 178 valence electrons. The Balaban J connectivity index is 1.61. The Labute approximate surface area is 200 Å². The van der Waals surface area contributed by atoms with E-state index in [1.54, 1.807) is 18.2 Å². The van der Waals surface area contributed by atoms with Crippen LogP contribution in [0.4, 0.5) is 17.1 Å². The van der Waals surface area contributed by atoms with Gasteiger partial charge in [-0.05, 0) is 73.9 Å². The third-order valence-corrected chi connectivity index (χ3v) is 7.69. The molecular weight excluding hydrogens is 450 g/mol. The van der Waals surface area contributed by atoms with E-state index in [-0.39, 0.29) is 16.1 Å². The van der Waals surface area contributed by atoms with Crippen LogP contribution in [0.15, 0.2) is 65.6 Å². The Bertz CT molecular complexity index is 1330. The number of rotatable bonds is 6. The molecule has 1 fully saturated rings. The van der Waals surface area contributed by atoms with Crippen molar-refractivity contribution in [3.05, 3.63) is 82.9 Å². The van der Waals surface area contributed by atoms with Crippen LogP contribution < -0.4 is 14.5 Å². The Morgan fingerprint density at radius 2 is 1.50 bits per heavy atom. The van der Waals surface area contributed by atoms with Crippen LogP contribution in [0.25, 0.3) is 0 Å². The average molecular weight is 480 g/mol. The average Bonchev–Trinajstić information content (AvgIpc) is 2.81. The van der Waals surface area contributed by atoms with Gasteiger partial charge in [0.25, 0.3) is 10.0 Å². The van der Waals surface area contributed by atoms with Crippen molar-refractivity contribution in [1.29, 1.82) is 0 Å². The summed E-state index contributed by atoms with van der Waals surface area (Å²) in [4.78, 5) is 16.2. The number of hydrogen-bond donors (Lipinski definition) is 2. The van der Waals surface area contributed by atoms with Crippen LogP contribution in [-0.4, -0.2) is 45.7 Å². The van der Waals surface area contributed by atoms with E-state index < -0.39 is 16.0 Å². The first kappa shape index (κ1) is 23.6. The van der Waals surface area contributed by atoms with Crippen molar-refractivity contribution in [2.75, 3.05) is 40.7 Å². The number of aromatic carboxylic acids is 1. The van der Waals surface area contributed by atoms with Crippen molar-refractivity contribution >= 4 is 33.1 Å². The highest BCUT2D eigenvalue weighted by molar-refractivity contribution is 7.92. The van der Waals surface area contributed by atoms with Crippen molar-refractivity contribution in [2.24, 2.45) is 0 Å². The van der Waals surface area contributed by atoms with E-state index in [0.29, 0.717) is 18.8 Å². The van der Waals surface area contributed by atoms with Gasteiger partial charge in [-0.15, -0.1) is 0 Å². The Morgan fingerprint density at radius 1 is 0.853 bits per heavy atom. The van der Waals surface area contributed by atoms with Gasteiger partial charge in [-0.2, -0.15) is 0 Å². The van der Waals surface area contributed by atoms with Crippen LogP contribution in [0, 0.1) is 20.8 Å². The molecule has 0 bridgehead atoms. The quantitative estimate of drug-likeness (QED) is 0.543. The van der Waals surface area contributed by atoms with Crippen molar-refractivity contribution in [3.63, 3.8) is 0 Å². The number of hydrogen-bond acceptors (Lipinski definition) is 5. The molecule has 0 aromatic heterocycles. The Hall–Kier alpha value is -3.52. The minimum Gasteiger partial charge on any atom is -0.478 e. The molecule has 34 heavy (non-hydrogen) atoms. The standard InChI is InChI=1S/C26H29N3O4S/c1-18-6-4-8-22(16-18)34(32,33)27-23-17-21(26(30)31)10-11-25(23)29-14-12-28(13-15-29)24-9-5-7-19(2)20(24)3/h4-11,16-17,27H,12-15H2,1-3H3,(H,30,31). The van der Waals surface area contributed by atoms with E-state index in [1.165, 1.54) is 35.0 Å². The summed E-state index contributed by atoms with van der Waals surface area (Å²) in [6, 6.07) is 17.5. The minimum absolute atomic E-state index is 0.0275. The fourth-order valence-electron chi connectivity index (χ4n) is 4.28. The van der Waals surface area contributed by atoms with Crippen LogP contribution in [-0.2, 0) is 10.0 Å². The molecule has 3 aromatic rings. The summed E-state index contributed by atoms with van der Waals surface area (Å²) in [5, 5.41) is 9.47. The molecule has 0 aliphatic carbocycles. The fourth-order valence-corrected chi connectivity index (χ4v) is 5.45. The van der Waals surface area contributed by atoms with Gasteiger partial charge in [0.1, 0.15) is 0 Å². The highest BCUT2D eigenvalue weighted by atomic mass is 32.2. The molecule has 0 amide bonds. The van der Waals surface area contributed by atoms with E-state index in [4.69, 9.17) is 0 Å². The third kappa shape index (κ3) is 4.87. The van der Waals surface area contributed by atoms with E-state index in [1.807, 2.05) is 13.0 Å². The molecule has 0 saturated carbocycles. The number of nitrogens with zero attached hydrogens (tertiary/aromatic N) is 2. The van der Waals surface area contributed by atoms with E-state index in [0.717, 1.165) is 18.7 Å². The zero-order valence-corrected chi connectivity index (χ0v) is 20.4. The molecule has 1 saturated heterocycles. The lowest BCUT2D eigenvalue weighted by atomic mass is 10.1. The maximum atomic E-state index is 13.1. The number of anilines is 3. The highest BCUT2D eigenvalue weighted by Crippen LogP contribution is 2.32. The van der Waals surface area contributed by atoms with Gasteiger partial charge in [0.15, 0.2) is 0 Å². The fraction of sp³-hybridized carbons (Fsp3) is 0.269. The summed E-state index contributed by atoms with van der Waals surface area (Å²) in [5.74, 6) is -1.11. The minimum atomic E-state index is -3.88. The number of aryl methyl sites for hydroxylation is 2. The largest absolute Gasteiger partial charge is 0.478 e. The summed E-state index contributed by atoms with van der Waals surface area (Å²) in [5.41, 5.74) is 5.50. The molecule has 8 heteroatoms. The summed E-state index contributed by atoms with van der Waals surface area (Å²) >= 11 is 0. The van der Waals surface area contributed by atoms with Gasteiger partial charge in [-0.1, -0.05) is 24.3 Å². The second kappa shape index (κ2) is 9.38. The molecular formula is C26H29N3O4S. The highest BCUT2D eigenvalue weighted by Gasteiger charge is 2.24. The molecule has 1 heterocycles. The van der Waals surface area contributed by atoms with Gasteiger partial charge in [0, 0.05) is 31.9 Å². The predicted octanol–water partition coefficient (Wildman–Crippen LogP) is 4.44. The van der Waals surface area contributed by atoms with Gasteiger partial charge in [-0.3, -0.25) is 4.72 Å². The Kier molecular flexibility index (Phi) is 6.52. The molecule has 0 spiro atoms. The van der Waals surface area contributed by atoms with Crippen molar-refractivity contribution in [1.82, 2.24) is 0 Å². The lowest BCUT2D eigenvalue weighted by Crippen LogP contribution is -2.47. The first-order chi connectivity index (χ1) is 16.2. The van der Waals surface area contributed by atoms with Gasteiger partial charge in [0.2, 0.25) is 0 Å². The van der Waals surface area contributed by atoms with Crippen LogP contribution in [0.2, 0.25) is 0 Å². The predicted molar refractivity (Wildman–Crippen MR) is 136 cm³/mol. The number of piperazine rings is 1. The molecule has 7 nitrogen and oxygen atoms in total. The van der Waals surface area contributed by atoms with Crippen LogP contribution >= 0.6 is 0 Å². The summed E-state index contributed by atoms with van der Waals surface area (Å²) in [7, 11) is -3.88. The maximum Gasteiger partial charge on any atom is 0.335 e. The van der Waals surface area contributed by atoms with Crippen molar-refractivity contribution in [3.8, 4) is 0 Å². The molecule has 3 aromatic carbocycles. The lowest BCUT2D eigenvalue weighted by Gasteiger charge is -2.39. The summed E-state index contributed by atoms with van der Waals surface area (Å²) < 4.78 is 28.8. The zero-order chi connectivity index (χ0) is 24.5. The SMILES string of the molecule is Cc1cccc(S(=O)(=O)Nc2cc(C(=O)O)ccc2N2CCN(c3cccc(C)c3C)CC2)c1. The van der Waals surface area contributed by atoms with Crippen LogP contribution in [0.3, 0.4) is 0 Å². The number of carboxylic acids is 1. The zero-order valence-electron chi connectivity index (χ0n) is 19.6. The molecule has 1 aliphatic rings. The molecule has 0 radical (unpaired) electrons. The van der Waals surface area contributed by atoms with E-state index >= 15 is 0 Å². The molecule has 0 atom stereocenters. The van der Waals surface area contributed by atoms with Gasteiger partial charge in [-0.25, -0.2) is 13.2 Å². The Morgan fingerprint density at radius 3 is 2.15 bits per heavy atom. The van der Waals surface area contributed by atoms with Crippen LogP contribution in [0.5, 0.6) is 0 Å². The normalized spacial score (nSPS) is 14.2. The first-order valence-electron chi connectivity index (χ1n) is 11.2. The monoisotopic (exact) mass is 479 g/mol. The first-order valence-corrected chi connectivity index (χ1v) is 12.7. The summed E-state index contributed by atoms with van der Waals surface area (Å²) in [6.07, 6.45) is 0. The third-order valence-electron chi connectivity index (χ3n) is 6.32. The van der Waals surface area contributed by atoms with E-state index in [9.17, 15) is 18.3 Å². The van der Waals surface area contributed by atoms with E-state index in [2.05, 4.69) is 46.6 Å². The lowest BCUT2D eigenvalue weighted by molar-refractivity contribution is 0.0697. The number of sulfonamides is 1. The topological polar surface area (TPSA) is 89.9 Å². The summed E-state index contributed by atoms with van der Waals surface area (Å²) in [6.45, 7) is 8.96. The molecule has 0 unspecified atom stereocenters. The molecule has 1 aliphatic heterocycles. The second-order valence-corrected chi connectivity index (χ2v) is 10.3. The van der Waals surface area contributed by atoms with Gasteiger partial charge >= 0.3 is 5.97 Å². The number of carbonyl (C=O) groups is 1. The van der Waals surface area contributed by atoms with Crippen LogP contribution in [0.1, 0.15) is 27.0 Å². The number of carboxylic acid groups (broad SMARTS) is 1. The molecule has 2 N–H and O–H groups in total.